The first-order chi connectivity index (χ1) is 16.9. The second-order valence-corrected chi connectivity index (χ2v) is 9.05. The Balaban J connectivity index is 1.92. The molecule has 0 radical (unpaired) electrons. The summed E-state index contributed by atoms with van der Waals surface area (Å²) in [5.41, 5.74) is 0. The molecule has 0 aromatic heterocycles. The van der Waals surface area contributed by atoms with Crippen LogP contribution in [0.15, 0.2) is 0 Å². The van der Waals surface area contributed by atoms with Crippen molar-refractivity contribution in [3.8, 4) is 0 Å². The largest absolute Gasteiger partial charge is 0.394 e. The first kappa shape index (κ1) is 29.5. The zero-order valence-corrected chi connectivity index (χ0v) is 19.5. The summed E-state index contributed by atoms with van der Waals surface area (Å²) in [7, 11) is 0. The number of aliphatic hydroxyl groups excluding tert-OH is 9. The highest BCUT2D eigenvalue weighted by molar-refractivity contribution is 5.73. The fourth-order valence-electron chi connectivity index (χ4n) is 4.40. The lowest BCUT2D eigenvalue weighted by Gasteiger charge is -2.49. The molecule has 0 bridgehead atoms. The van der Waals surface area contributed by atoms with Crippen LogP contribution in [0.25, 0.3) is 0 Å². The van der Waals surface area contributed by atoms with Crippen LogP contribution in [0.2, 0.25) is 0 Å². The Morgan fingerprint density at radius 3 is 1.81 bits per heavy atom. The Kier molecular flexibility index (Phi) is 9.97. The third-order valence-electron chi connectivity index (χ3n) is 6.45. The van der Waals surface area contributed by atoms with Gasteiger partial charge in [-0.2, -0.15) is 0 Å². The molecular formula is C20H35NO15. The summed E-state index contributed by atoms with van der Waals surface area (Å²) in [5, 5.41) is 93.2. The number of aliphatic hydroxyl groups is 9. The van der Waals surface area contributed by atoms with Gasteiger partial charge in [0.15, 0.2) is 18.9 Å². The van der Waals surface area contributed by atoms with Gasteiger partial charge in [-0.15, -0.1) is 0 Å². The molecule has 210 valence electrons. The van der Waals surface area contributed by atoms with Crippen molar-refractivity contribution in [3.63, 3.8) is 0 Å². The first-order valence-electron chi connectivity index (χ1n) is 11.4. The van der Waals surface area contributed by atoms with Crippen LogP contribution >= 0.6 is 0 Å². The van der Waals surface area contributed by atoms with Crippen molar-refractivity contribution in [2.24, 2.45) is 0 Å². The third-order valence-corrected chi connectivity index (χ3v) is 6.45. The molecule has 16 heteroatoms. The molecule has 0 spiro atoms. The van der Waals surface area contributed by atoms with Gasteiger partial charge in [0.05, 0.1) is 19.3 Å². The highest BCUT2D eigenvalue weighted by Crippen LogP contribution is 2.32. The number of amides is 1. The van der Waals surface area contributed by atoms with Crippen LogP contribution in [0.5, 0.6) is 0 Å². The van der Waals surface area contributed by atoms with E-state index in [2.05, 4.69) is 5.32 Å². The smallest absolute Gasteiger partial charge is 0.217 e. The highest BCUT2D eigenvalue weighted by atomic mass is 16.7. The molecule has 16 nitrogen and oxygen atoms in total. The summed E-state index contributed by atoms with van der Waals surface area (Å²) in [5.74, 6) is -0.640. The van der Waals surface area contributed by atoms with E-state index in [-0.39, 0.29) is 0 Å². The Labute approximate surface area is 205 Å². The minimum absolute atomic E-state index is 0.640. The Hall–Kier alpha value is -1.09. The quantitative estimate of drug-likeness (QED) is 0.147. The van der Waals surface area contributed by atoms with Crippen molar-refractivity contribution in [2.75, 3.05) is 13.2 Å². The Morgan fingerprint density at radius 1 is 0.722 bits per heavy atom. The van der Waals surface area contributed by atoms with Crippen molar-refractivity contribution >= 4 is 5.91 Å². The summed E-state index contributed by atoms with van der Waals surface area (Å²) in [6.07, 6.45) is -22.0. The minimum Gasteiger partial charge on any atom is -0.394 e. The van der Waals surface area contributed by atoms with E-state index in [9.17, 15) is 50.8 Å². The first-order valence-corrected chi connectivity index (χ1v) is 11.4. The fraction of sp³-hybridized carbons (Fsp3) is 0.950. The average Bonchev–Trinajstić information content (AvgIpc) is 2.84. The lowest BCUT2D eigenvalue weighted by Crippen LogP contribution is -2.69. The molecule has 36 heavy (non-hydrogen) atoms. The molecule has 3 heterocycles. The van der Waals surface area contributed by atoms with Crippen LogP contribution in [0, 0.1) is 0 Å². The van der Waals surface area contributed by atoms with Crippen molar-refractivity contribution in [1.82, 2.24) is 5.32 Å². The average molecular weight is 529 g/mol. The molecule has 3 saturated heterocycles. The van der Waals surface area contributed by atoms with Gasteiger partial charge in [0.2, 0.25) is 5.91 Å². The molecule has 3 aliphatic rings. The molecule has 0 unspecified atom stereocenters. The van der Waals surface area contributed by atoms with E-state index in [1.165, 1.54) is 6.92 Å². The summed E-state index contributed by atoms with van der Waals surface area (Å²) in [6.45, 7) is 1.00. The summed E-state index contributed by atoms with van der Waals surface area (Å²) < 4.78 is 27.7. The molecular weight excluding hydrogens is 494 g/mol. The molecule has 3 rings (SSSR count). The number of carbonyl (C=O) groups excluding carboxylic acids is 1. The molecule has 0 aliphatic carbocycles. The van der Waals surface area contributed by atoms with Gasteiger partial charge in [-0.1, -0.05) is 0 Å². The van der Waals surface area contributed by atoms with E-state index in [0.29, 0.717) is 0 Å². The molecule has 0 aromatic rings. The molecule has 0 aromatic carbocycles. The summed E-state index contributed by atoms with van der Waals surface area (Å²) in [4.78, 5) is 11.8. The topological polar surface area (TPSA) is 257 Å². The van der Waals surface area contributed by atoms with E-state index in [1.807, 2.05) is 0 Å². The molecule has 0 saturated carbocycles. The standard InChI is InChI=1S/C20H35NO15/c1-5-10(25)12(27)14(29)19(32-5)36-17-9(21-6(2)24)18(31)33-8(4-23)16(17)35-20-15(30)13(28)11(26)7(3-22)34-20/h5,7-20,22-23,25-31H,3-4H2,1-2H3,(H,21,24)/t5-,7+,8+,9+,10-,11-,12+,13-,14+,15+,16+,17+,18+,19-,20-/m0/s1. The lowest BCUT2D eigenvalue weighted by atomic mass is 9.94. The van der Waals surface area contributed by atoms with Crippen LogP contribution in [0.1, 0.15) is 13.8 Å². The number of carbonyl (C=O) groups is 1. The molecule has 10 N–H and O–H groups in total. The number of hydrogen-bond donors (Lipinski definition) is 10. The highest BCUT2D eigenvalue weighted by Gasteiger charge is 2.54. The zero-order valence-electron chi connectivity index (χ0n) is 19.5. The van der Waals surface area contributed by atoms with Gasteiger partial charge in [-0.25, -0.2) is 0 Å². The Bertz CT molecular complexity index is 729. The number of nitrogens with one attached hydrogen (secondary N) is 1. The maximum Gasteiger partial charge on any atom is 0.217 e. The van der Waals surface area contributed by atoms with Crippen LogP contribution in [0.4, 0.5) is 0 Å². The molecule has 3 fully saturated rings. The summed E-state index contributed by atoms with van der Waals surface area (Å²) in [6, 6.07) is -1.41. The van der Waals surface area contributed by atoms with Crippen molar-refractivity contribution < 1.29 is 74.4 Å². The maximum absolute atomic E-state index is 11.8. The van der Waals surface area contributed by atoms with Gasteiger partial charge >= 0.3 is 0 Å². The number of ether oxygens (including phenoxy) is 5. The van der Waals surface area contributed by atoms with Gasteiger partial charge < -0.3 is 75.0 Å². The van der Waals surface area contributed by atoms with E-state index in [0.717, 1.165) is 6.92 Å². The second-order valence-electron chi connectivity index (χ2n) is 9.05. The van der Waals surface area contributed by atoms with Crippen LogP contribution in [0.3, 0.4) is 0 Å². The monoisotopic (exact) mass is 529 g/mol. The van der Waals surface area contributed by atoms with E-state index >= 15 is 0 Å². The second kappa shape index (κ2) is 12.2. The normalized spacial score (nSPS) is 50.0. The van der Waals surface area contributed by atoms with Crippen LogP contribution < -0.4 is 5.32 Å². The lowest BCUT2D eigenvalue weighted by molar-refractivity contribution is -0.370. The van der Waals surface area contributed by atoms with Crippen molar-refractivity contribution in [3.05, 3.63) is 0 Å². The van der Waals surface area contributed by atoms with E-state index in [1.54, 1.807) is 0 Å². The molecule has 3 aliphatic heterocycles. The van der Waals surface area contributed by atoms with Crippen molar-refractivity contribution in [1.29, 1.82) is 0 Å². The van der Waals surface area contributed by atoms with Gasteiger partial charge in [-0.05, 0) is 6.92 Å². The van der Waals surface area contributed by atoms with Gasteiger partial charge in [0, 0.05) is 6.92 Å². The Morgan fingerprint density at radius 2 is 1.25 bits per heavy atom. The fourth-order valence-corrected chi connectivity index (χ4v) is 4.40. The van der Waals surface area contributed by atoms with Crippen LogP contribution in [-0.2, 0) is 28.5 Å². The van der Waals surface area contributed by atoms with Crippen molar-refractivity contribution in [2.45, 2.75) is 106 Å². The predicted molar refractivity (Wildman–Crippen MR) is 111 cm³/mol. The zero-order chi connectivity index (χ0) is 26.9. The number of hydrogen-bond acceptors (Lipinski definition) is 15. The van der Waals surface area contributed by atoms with Gasteiger partial charge in [-0.3, -0.25) is 4.79 Å². The summed E-state index contributed by atoms with van der Waals surface area (Å²) >= 11 is 0. The number of rotatable bonds is 7. The van der Waals surface area contributed by atoms with Gasteiger partial charge in [0.25, 0.3) is 0 Å². The predicted octanol–water partition coefficient (Wildman–Crippen LogP) is -6.40. The van der Waals surface area contributed by atoms with E-state index < -0.39 is 111 Å². The van der Waals surface area contributed by atoms with Gasteiger partial charge in [0.1, 0.15) is 67.1 Å². The minimum atomic E-state index is -1.85. The maximum atomic E-state index is 11.8. The third kappa shape index (κ3) is 5.97. The molecule has 15 atom stereocenters. The SMILES string of the molecule is CC(=O)N[C@@H]1[C@@H](O[C@@H]2O[C@@H](C)[C@H](O)[C@@H](O)[C@H]2O)[C@H](O[C@@H]2O[C@H](CO)[C@H](O)[C@H](O)[C@H]2O)[C@@H](CO)O[C@H]1O. The van der Waals surface area contributed by atoms with Crippen LogP contribution in [-0.4, -0.2) is 157 Å². The molecule has 1 amide bonds. The van der Waals surface area contributed by atoms with E-state index in [4.69, 9.17) is 23.7 Å².